The van der Waals surface area contributed by atoms with Crippen LogP contribution in [0.5, 0.6) is 11.5 Å². The molecule has 0 saturated heterocycles. The summed E-state index contributed by atoms with van der Waals surface area (Å²) in [7, 11) is 1.75. The van der Waals surface area contributed by atoms with E-state index in [0.717, 1.165) is 52.2 Å². The number of ether oxygens (including phenoxy) is 1. The zero-order valence-corrected chi connectivity index (χ0v) is 19.3. The molecule has 4 rings (SSSR count). The Bertz CT molecular complexity index is 1360. The highest BCUT2D eigenvalue weighted by Crippen LogP contribution is 2.35. The van der Waals surface area contributed by atoms with Gasteiger partial charge in [0.05, 0.1) is 16.6 Å². The number of aryl methyl sites for hydroxylation is 3. The van der Waals surface area contributed by atoms with Gasteiger partial charge in [-0.25, -0.2) is 0 Å². The highest BCUT2D eigenvalue weighted by Gasteiger charge is 2.30. The van der Waals surface area contributed by atoms with Crippen LogP contribution in [-0.2, 0) is 19.8 Å². The Labute approximate surface area is 193 Å². The van der Waals surface area contributed by atoms with Gasteiger partial charge >= 0.3 is 6.18 Å². The molecule has 0 spiro atoms. The quantitative estimate of drug-likeness (QED) is 0.322. The Kier molecular flexibility index (Phi) is 6.30. The summed E-state index contributed by atoms with van der Waals surface area (Å²) >= 11 is 1.75. The van der Waals surface area contributed by atoms with E-state index in [2.05, 4.69) is 4.57 Å². The molecule has 0 aliphatic rings. The molecule has 2 aromatic carbocycles. The van der Waals surface area contributed by atoms with Gasteiger partial charge in [-0.2, -0.15) is 24.9 Å². The van der Waals surface area contributed by atoms with Crippen LogP contribution >= 0.6 is 11.8 Å². The maximum atomic E-state index is 12.8. The molecule has 0 N–H and O–H groups in total. The second-order valence-electron chi connectivity index (χ2n) is 7.85. The number of fused-ring (bicyclic) bond motifs is 1. The molecule has 0 aliphatic heterocycles. The molecule has 0 saturated carbocycles. The minimum Gasteiger partial charge on any atom is -0.457 e. The fourth-order valence-corrected chi connectivity index (χ4v) is 4.24. The van der Waals surface area contributed by atoms with Crippen LogP contribution in [0.4, 0.5) is 13.2 Å². The Hall–Kier alpha value is -3.13. The van der Waals surface area contributed by atoms with Crippen molar-refractivity contribution in [2.75, 3.05) is 12.0 Å². The highest BCUT2D eigenvalue weighted by molar-refractivity contribution is 7.98. The van der Waals surface area contributed by atoms with Crippen molar-refractivity contribution in [3.63, 3.8) is 0 Å². The van der Waals surface area contributed by atoms with E-state index in [9.17, 15) is 18.0 Å². The first-order chi connectivity index (χ1) is 15.7. The van der Waals surface area contributed by atoms with Crippen molar-refractivity contribution < 1.29 is 17.9 Å². The Morgan fingerprint density at radius 2 is 1.73 bits per heavy atom. The van der Waals surface area contributed by atoms with Crippen molar-refractivity contribution in [3.05, 3.63) is 82.3 Å². The van der Waals surface area contributed by atoms with Gasteiger partial charge in [0.15, 0.2) is 0 Å². The van der Waals surface area contributed by atoms with Gasteiger partial charge in [0.25, 0.3) is 5.56 Å². The number of aromatic nitrogens is 2. The van der Waals surface area contributed by atoms with Crippen LogP contribution < -0.4 is 10.3 Å². The molecule has 0 radical (unpaired) electrons. The van der Waals surface area contributed by atoms with Crippen molar-refractivity contribution in [1.82, 2.24) is 9.13 Å². The second kappa shape index (κ2) is 9.02. The zero-order chi connectivity index (χ0) is 23.8. The van der Waals surface area contributed by atoms with Gasteiger partial charge in [-0.1, -0.05) is 6.07 Å². The number of alkyl halides is 3. The standard InChI is InChI=1S/C25H23F3N2O2S/c1-16-12-17(14-20(13-16)32-19-6-4-18(5-7-19)25(26,27)28)21-15-30(10-11-33-3)22-8-9-23(31)29(2)24(21)22/h4-9,12-15H,10-11H2,1-3H3. The van der Waals surface area contributed by atoms with Gasteiger partial charge < -0.3 is 13.9 Å². The molecule has 0 atom stereocenters. The van der Waals surface area contributed by atoms with Gasteiger partial charge in [-0.15, -0.1) is 0 Å². The summed E-state index contributed by atoms with van der Waals surface area (Å²) in [6.45, 7) is 2.73. The number of rotatable bonds is 6. The largest absolute Gasteiger partial charge is 0.457 e. The summed E-state index contributed by atoms with van der Waals surface area (Å²) in [6, 6.07) is 13.7. The van der Waals surface area contributed by atoms with Crippen molar-refractivity contribution in [2.45, 2.75) is 19.6 Å². The molecule has 4 nitrogen and oxygen atoms in total. The molecule has 172 valence electrons. The normalized spacial score (nSPS) is 11.8. The number of thioether (sulfide) groups is 1. The Morgan fingerprint density at radius 1 is 1.00 bits per heavy atom. The third-order valence-corrected chi connectivity index (χ3v) is 6.05. The first kappa shape index (κ1) is 23.0. The monoisotopic (exact) mass is 472 g/mol. The Morgan fingerprint density at radius 3 is 2.39 bits per heavy atom. The summed E-state index contributed by atoms with van der Waals surface area (Å²) in [6.07, 6.45) is -0.305. The molecule has 33 heavy (non-hydrogen) atoms. The molecule has 0 aliphatic carbocycles. The Balaban J connectivity index is 1.76. The van der Waals surface area contributed by atoms with Crippen molar-refractivity contribution in [2.24, 2.45) is 7.05 Å². The number of benzene rings is 2. The molecule has 0 bridgehead atoms. The molecule has 0 fully saturated rings. The number of hydrogen-bond donors (Lipinski definition) is 0. The van der Waals surface area contributed by atoms with Gasteiger partial charge in [0, 0.05) is 37.2 Å². The van der Waals surface area contributed by atoms with Crippen molar-refractivity contribution in [3.8, 4) is 22.6 Å². The number of hydrogen-bond acceptors (Lipinski definition) is 3. The summed E-state index contributed by atoms with van der Waals surface area (Å²) in [4.78, 5) is 12.4. The summed E-state index contributed by atoms with van der Waals surface area (Å²) in [5, 5.41) is 0. The number of halogens is 3. The average Bonchev–Trinajstić information content (AvgIpc) is 3.13. The smallest absolute Gasteiger partial charge is 0.416 e. The lowest BCUT2D eigenvalue weighted by Gasteiger charge is -2.11. The molecule has 0 amide bonds. The molecular weight excluding hydrogens is 449 g/mol. The predicted molar refractivity (Wildman–Crippen MR) is 127 cm³/mol. The van der Waals surface area contributed by atoms with E-state index in [4.69, 9.17) is 4.74 Å². The fourth-order valence-electron chi connectivity index (χ4n) is 3.86. The first-order valence-electron chi connectivity index (χ1n) is 10.3. The van der Waals surface area contributed by atoms with E-state index < -0.39 is 11.7 Å². The van der Waals surface area contributed by atoms with Gasteiger partial charge in [-0.3, -0.25) is 4.79 Å². The van der Waals surface area contributed by atoms with Crippen LogP contribution in [0.2, 0.25) is 0 Å². The molecule has 8 heteroatoms. The second-order valence-corrected chi connectivity index (χ2v) is 8.84. The fraction of sp³-hybridized carbons (Fsp3) is 0.240. The third-order valence-electron chi connectivity index (χ3n) is 5.46. The van der Waals surface area contributed by atoms with Crippen LogP contribution in [0, 0.1) is 6.92 Å². The van der Waals surface area contributed by atoms with Crippen LogP contribution in [0.3, 0.4) is 0 Å². The molecule has 4 aromatic rings. The van der Waals surface area contributed by atoms with Crippen LogP contribution in [0.25, 0.3) is 22.2 Å². The van der Waals surface area contributed by atoms with E-state index in [-0.39, 0.29) is 5.56 Å². The van der Waals surface area contributed by atoms with E-state index >= 15 is 0 Å². The van der Waals surface area contributed by atoms with Gasteiger partial charge in [-0.05, 0) is 66.8 Å². The maximum absolute atomic E-state index is 12.8. The number of pyridine rings is 1. The summed E-state index contributed by atoms with van der Waals surface area (Å²) in [5.41, 5.74) is 3.67. The average molecular weight is 473 g/mol. The molecule has 2 heterocycles. The molecule has 2 aromatic heterocycles. The molecular formula is C25H23F3N2O2S. The van der Waals surface area contributed by atoms with Crippen molar-refractivity contribution >= 4 is 22.8 Å². The SMILES string of the molecule is CSCCn1cc(-c2cc(C)cc(Oc3ccc(C(F)(F)F)cc3)c2)c2c1ccc(=O)n2C. The number of nitrogens with zero attached hydrogens (tertiary/aromatic N) is 2. The highest BCUT2D eigenvalue weighted by atomic mass is 32.2. The predicted octanol–water partition coefficient (Wildman–Crippen LogP) is 6.49. The maximum Gasteiger partial charge on any atom is 0.416 e. The van der Waals surface area contributed by atoms with Gasteiger partial charge in [0.1, 0.15) is 11.5 Å². The lowest BCUT2D eigenvalue weighted by Crippen LogP contribution is -2.15. The summed E-state index contributed by atoms with van der Waals surface area (Å²) in [5.74, 6) is 1.76. The van der Waals surface area contributed by atoms with E-state index in [1.54, 1.807) is 29.4 Å². The van der Waals surface area contributed by atoms with E-state index in [0.29, 0.717) is 11.5 Å². The van der Waals surface area contributed by atoms with Crippen LogP contribution in [0.1, 0.15) is 11.1 Å². The third kappa shape index (κ3) is 4.80. The van der Waals surface area contributed by atoms with E-state index in [1.807, 2.05) is 43.6 Å². The zero-order valence-electron chi connectivity index (χ0n) is 18.4. The topological polar surface area (TPSA) is 36.2 Å². The van der Waals surface area contributed by atoms with Crippen molar-refractivity contribution in [1.29, 1.82) is 0 Å². The minimum absolute atomic E-state index is 0.0970. The van der Waals surface area contributed by atoms with Gasteiger partial charge in [0.2, 0.25) is 0 Å². The first-order valence-corrected chi connectivity index (χ1v) is 11.7. The van der Waals surface area contributed by atoms with Crippen LogP contribution in [0.15, 0.2) is 65.6 Å². The lowest BCUT2D eigenvalue weighted by molar-refractivity contribution is -0.137. The molecule has 0 unspecified atom stereocenters. The van der Waals surface area contributed by atoms with Crippen LogP contribution in [-0.4, -0.2) is 21.1 Å². The van der Waals surface area contributed by atoms with E-state index in [1.165, 1.54) is 12.1 Å². The lowest BCUT2D eigenvalue weighted by atomic mass is 10.0. The minimum atomic E-state index is -4.39. The summed E-state index contributed by atoms with van der Waals surface area (Å²) < 4.78 is 48.2.